The summed E-state index contributed by atoms with van der Waals surface area (Å²) in [6.45, 7) is 2.88. The molecular formula is C9H16O2. The summed E-state index contributed by atoms with van der Waals surface area (Å²) in [5.74, 6) is 0.135. The van der Waals surface area contributed by atoms with Crippen LogP contribution in [0.4, 0.5) is 0 Å². The molecule has 0 aromatic rings. The van der Waals surface area contributed by atoms with Gasteiger partial charge in [0.05, 0.1) is 6.10 Å². The first-order valence-electron chi connectivity index (χ1n) is 4.45. The minimum atomic E-state index is 0.135. The Balaban J connectivity index is 2.35. The van der Waals surface area contributed by atoms with E-state index in [2.05, 4.69) is 0 Å². The summed E-state index contributed by atoms with van der Waals surface area (Å²) in [7, 11) is 0. The van der Waals surface area contributed by atoms with Crippen molar-refractivity contribution in [1.82, 2.24) is 0 Å². The van der Waals surface area contributed by atoms with E-state index >= 15 is 0 Å². The molecule has 0 amide bonds. The van der Waals surface area contributed by atoms with Crippen LogP contribution in [0, 0.1) is 5.92 Å². The summed E-state index contributed by atoms with van der Waals surface area (Å²) in [4.78, 5) is 10.6. The Bertz CT molecular complexity index is 117. The average Bonchev–Trinajstić information content (AvgIpc) is 2.09. The maximum absolute atomic E-state index is 10.6. The SMILES string of the molecule is CCC(C=O)C1CCCCO1. The van der Waals surface area contributed by atoms with Crippen LogP contribution in [0.2, 0.25) is 0 Å². The van der Waals surface area contributed by atoms with Gasteiger partial charge >= 0.3 is 0 Å². The highest BCUT2D eigenvalue weighted by Gasteiger charge is 2.21. The lowest BCUT2D eigenvalue weighted by Gasteiger charge is -2.26. The summed E-state index contributed by atoms with van der Waals surface area (Å²) >= 11 is 0. The van der Waals surface area contributed by atoms with E-state index in [0.29, 0.717) is 0 Å². The van der Waals surface area contributed by atoms with Gasteiger partial charge in [-0.25, -0.2) is 0 Å². The Morgan fingerprint density at radius 1 is 1.64 bits per heavy atom. The van der Waals surface area contributed by atoms with Crippen LogP contribution >= 0.6 is 0 Å². The molecule has 0 aromatic carbocycles. The van der Waals surface area contributed by atoms with E-state index in [1.807, 2.05) is 6.92 Å². The largest absolute Gasteiger partial charge is 0.377 e. The first kappa shape index (κ1) is 8.72. The van der Waals surface area contributed by atoms with E-state index in [1.54, 1.807) is 0 Å². The molecule has 11 heavy (non-hydrogen) atoms. The van der Waals surface area contributed by atoms with Crippen molar-refractivity contribution in [3.63, 3.8) is 0 Å². The number of carbonyl (C=O) groups is 1. The predicted octanol–water partition coefficient (Wildman–Crippen LogP) is 1.78. The molecule has 64 valence electrons. The van der Waals surface area contributed by atoms with Crippen molar-refractivity contribution < 1.29 is 9.53 Å². The molecule has 0 spiro atoms. The van der Waals surface area contributed by atoms with Crippen LogP contribution in [-0.2, 0) is 9.53 Å². The van der Waals surface area contributed by atoms with Gasteiger partial charge in [-0.05, 0) is 25.7 Å². The van der Waals surface area contributed by atoms with Gasteiger partial charge in [0, 0.05) is 12.5 Å². The molecule has 1 aliphatic rings. The molecule has 2 heteroatoms. The van der Waals surface area contributed by atoms with Crippen LogP contribution in [-0.4, -0.2) is 19.0 Å². The molecule has 1 fully saturated rings. The van der Waals surface area contributed by atoms with Crippen molar-refractivity contribution in [2.75, 3.05) is 6.61 Å². The van der Waals surface area contributed by atoms with Crippen LogP contribution < -0.4 is 0 Å². The van der Waals surface area contributed by atoms with Gasteiger partial charge in [0.2, 0.25) is 0 Å². The van der Waals surface area contributed by atoms with Gasteiger partial charge in [-0.1, -0.05) is 6.92 Å². The Morgan fingerprint density at radius 2 is 2.45 bits per heavy atom. The molecule has 0 bridgehead atoms. The normalized spacial score (nSPS) is 27.9. The lowest BCUT2D eigenvalue weighted by molar-refractivity contribution is -0.117. The number of hydrogen-bond donors (Lipinski definition) is 0. The molecule has 2 nitrogen and oxygen atoms in total. The summed E-state index contributed by atoms with van der Waals surface area (Å²) in [6.07, 6.45) is 5.61. The first-order chi connectivity index (χ1) is 5.38. The number of aldehydes is 1. The quantitative estimate of drug-likeness (QED) is 0.582. The second-order valence-electron chi connectivity index (χ2n) is 3.11. The van der Waals surface area contributed by atoms with E-state index in [1.165, 1.54) is 6.42 Å². The number of hydrogen-bond acceptors (Lipinski definition) is 2. The highest BCUT2D eigenvalue weighted by Crippen LogP contribution is 2.20. The Morgan fingerprint density at radius 3 is 2.91 bits per heavy atom. The number of carbonyl (C=O) groups excluding carboxylic acids is 1. The third-order valence-electron chi connectivity index (χ3n) is 2.34. The third-order valence-corrected chi connectivity index (χ3v) is 2.34. The third kappa shape index (κ3) is 2.29. The summed E-state index contributed by atoms with van der Waals surface area (Å²) in [5, 5.41) is 0. The minimum absolute atomic E-state index is 0.135. The topological polar surface area (TPSA) is 26.3 Å². The fourth-order valence-corrected chi connectivity index (χ4v) is 1.55. The monoisotopic (exact) mass is 156 g/mol. The standard InChI is InChI=1S/C9H16O2/c1-2-8(7-10)9-5-3-4-6-11-9/h7-9H,2-6H2,1H3. The molecule has 0 saturated carbocycles. The van der Waals surface area contributed by atoms with Crippen molar-refractivity contribution in [3.8, 4) is 0 Å². The molecule has 0 aromatic heterocycles. The summed E-state index contributed by atoms with van der Waals surface area (Å²) in [6, 6.07) is 0. The number of rotatable bonds is 3. The molecule has 0 aliphatic carbocycles. The molecule has 2 unspecified atom stereocenters. The minimum Gasteiger partial charge on any atom is -0.377 e. The highest BCUT2D eigenvalue weighted by atomic mass is 16.5. The van der Waals surface area contributed by atoms with Gasteiger partial charge in [0.15, 0.2) is 0 Å². The second kappa shape index (κ2) is 4.50. The van der Waals surface area contributed by atoms with Gasteiger partial charge < -0.3 is 9.53 Å². The van der Waals surface area contributed by atoms with Gasteiger partial charge in [-0.3, -0.25) is 0 Å². The molecule has 1 aliphatic heterocycles. The molecule has 1 heterocycles. The Hall–Kier alpha value is -0.370. The van der Waals surface area contributed by atoms with E-state index in [4.69, 9.17) is 4.74 Å². The Kier molecular flexibility index (Phi) is 3.57. The van der Waals surface area contributed by atoms with Crippen LogP contribution in [0.15, 0.2) is 0 Å². The highest BCUT2D eigenvalue weighted by molar-refractivity contribution is 5.54. The van der Waals surface area contributed by atoms with Gasteiger partial charge in [-0.2, -0.15) is 0 Å². The van der Waals surface area contributed by atoms with Crippen molar-refractivity contribution in [2.45, 2.75) is 38.7 Å². The fourth-order valence-electron chi connectivity index (χ4n) is 1.55. The molecule has 0 N–H and O–H groups in total. The lowest BCUT2D eigenvalue weighted by atomic mass is 9.95. The molecule has 2 atom stereocenters. The van der Waals surface area contributed by atoms with E-state index in [-0.39, 0.29) is 12.0 Å². The van der Waals surface area contributed by atoms with E-state index in [9.17, 15) is 4.79 Å². The smallest absolute Gasteiger partial charge is 0.125 e. The molecule has 1 saturated heterocycles. The van der Waals surface area contributed by atoms with Crippen molar-refractivity contribution in [3.05, 3.63) is 0 Å². The zero-order valence-electron chi connectivity index (χ0n) is 7.08. The summed E-state index contributed by atoms with van der Waals surface area (Å²) in [5.41, 5.74) is 0. The van der Waals surface area contributed by atoms with Crippen LogP contribution in [0.1, 0.15) is 32.6 Å². The van der Waals surface area contributed by atoms with Crippen molar-refractivity contribution in [2.24, 2.45) is 5.92 Å². The summed E-state index contributed by atoms with van der Waals surface area (Å²) < 4.78 is 5.49. The molecule has 0 radical (unpaired) electrons. The fraction of sp³-hybridized carbons (Fsp3) is 0.889. The Labute approximate surface area is 67.9 Å². The average molecular weight is 156 g/mol. The first-order valence-corrected chi connectivity index (χ1v) is 4.45. The maximum Gasteiger partial charge on any atom is 0.125 e. The van der Waals surface area contributed by atoms with E-state index in [0.717, 1.165) is 32.2 Å². The molecular weight excluding hydrogens is 140 g/mol. The van der Waals surface area contributed by atoms with Gasteiger partial charge in [-0.15, -0.1) is 0 Å². The maximum atomic E-state index is 10.6. The van der Waals surface area contributed by atoms with Crippen LogP contribution in [0.5, 0.6) is 0 Å². The zero-order valence-corrected chi connectivity index (χ0v) is 7.08. The number of ether oxygens (including phenoxy) is 1. The van der Waals surface area contributed by atoms with Gasteiger partial charge in [0.25, 0.3) is 0 Å². The van der Waals surface area contributed by atoms with Gasteiger partial charge in [0.1, 0.15) is 6.29 Å². The van der Waals surface area contributed by atoms with Crippen molar-refractivity contribution >= 4 is 6.29 Å². The van der Waals surface area contributed by atoms with Crippen LogP contribution in [0.3, 0.4) is 0 Å². The molecule has 1 rings (SSSR count). The lowest BCUT2D eigenvalue weighted by Crippen LogP contribution is -2.28. The van der Waals surface area contributed by atoms with E-state index < -0.39 is 0 Å². The van der Waals surface area contributed by atoms with Crippen LogP contribution in [0.25, 0.3) is 0 Å². The van der Waals surface area contributed by atoms with Crippen molar-refractivity contribution in [1.29, 1.82) is 0 Å². The second-order valence-corrected chi connectivity index (χ2v) is 3.11. The zero-order chi connectivity index (χ0) is 8.10. The predicted molar refractivity (Wildman–Crippen MR) is 43.4 cm³/mol.